The van der Waals surface area contributed by atoms with E-state index >= 15 is 0 Å². The van der Waals surface area contributed by atoms with Crippen molar-refractivity contribution in [1.29, 1.82) is 0 Å². The number of carbonyl (C=O) groups excluding carboxylic acids is 1. The first-order chi connectivity index (χ1) is 8.71. The molecular formula is C15H24N2O. The van der Waals surface area contributed by atoms with Crippen molar-refractivity contribution < 1.29 is 4.79 Å². The molecule has 3 N–H and O–H groups in total. The predicted octanol–water partition coefficient (Wildman–Crippen LogP) is 2.95. The lowest BCUT2D eigenvalue weighted by molar-refractivity contribution is -0.119. The molecule has 1 amide bonds. The standard InChI is InChI=1S/C15H24N2O/c1-3-5-6-12-7-9-14(10-8-12)17-15(18)13(4-2)11-16/h7-10,13H,3-6,11,16H2,1-2H3,(H,17,18). The molecule has 3 nitrogen and oxygen atoms in total. The van der Waals surface area contributed by atoms with E-state index in [1.807, 2.05) is 19.1 Å². The molecule has 0 radical (unpaired) electrons. The molecule has 0 saturated carbocycles. The summed E-state index contributed by atoms with van der Waals surface area (Å²) in [5, 5.41) is 2.91. The first kappa shape index (κ1) is 14.7. The molecule has 0 saturated heterocycles. The molecule has 0 spiro atoms. The Morgan fingerprint density at radius 1 is 1.28 bits per heavy atom. The Labute approximate surface area is 110 Å². The van der Waals surface area contributed by atoms with Gasteiger partial charge < -0.3 is 11.1 Å². The SMILES string of the molecule is CCCCc1ccc(NC(=O)C(CC)CN)cc1. The molecule has 0 aliphatic carbocycles. The molecule has 0 aliphatic heterocycles. The Kier molecular flexibility index (Phi) is 6.44. The van der Waals surface area contributed by atoms with Gasteiger partial charge in [-0.3, -0.25) is 4.79 Å². The van der Waals surface area contributed by atoms with Crippen LogP contribution in [-0.4, -0.2) is 12.5 Å². The van der Waals surface area contributed by atoms with E-state index in [0.717, 1.165) is 18.5 Å². The summed E-state index contributed by atoms with van der Waals surface area (Å²) in [5.41, 5.74) is 7.73. The molecule has 1 unspecified atom stereocenters. The molecule has 1 atom stereocenters. The number of nitrogens with two attached hydrogens (primary N) is 1. The summed E-state index contributed by atoms with van der Waals surface area (Å²) in [7, 11) is 0. The molecule has 0 bridgehead atoms. The summed E-state index contributed by atoms with van der Waals surface area (Å²) in [4.78, 5) is 11.8. The summed E-state index contributed by atoms with van der Waals surface area (Å²) >= 11 is 0. The van der Waals surface area contributed by atoms with Crippen LogP contribution in [-0.2, 0) is 11.2 Å². The number of unbranched alkanes of at least 4 members (excludes halogenated alkanes) is 1. The topological polar surface area (TPSA) is 55.1 Å². The van der Waals surface area contributed by atoms with E-state index in [-0.39, 0.29) is 11.8 Å². The van der Waals surface area contributed by atoms with E-state index in [1.165, 1.54) is 18.4 Å². The number of amides is 1. The number of anilines is 1. The van der Waals surface area contributed by atoms with Crippen LogP contribution in [0, 0.1) is 5.92 Å². The highest BCUT2D eigenvalue weighted by molar-refractivity contribution is 5.92. The highest BCUT2D eigenvalue weighted by atomic mass is 16.1. The minimum Gasteiger partial charge on any atom is -0.330 e. The number of benzene rings is 1. The highest BCUT2D eigenvalue weighted by Gasteiger charge is 2.14. The maximum absolute atomic E-state index is 11.8. The van der Waals surface area contributed by atoms with Gasteiger partial charge in [0.15, 0.2) is 0 Å². The van der Waals surface area contributed by atoms with Gasteiger partial charge in [0.2, 0.25) is 5.91 Å². The highest BCUT2D eigenvalue weighted by Crippen LogP contribution is 2.13. The molecule has 0 heterocycles. The maximum Gasteiger partial charge on any atom is 0.228 e. The van der Waals surface area contributed by atoms with Crippen LogP contribution in [0.25, 0.3) is 0 Å². The van der Waals surface area contributed by atoms with Crippen molar-refractivity contribution in [1.82, 2.24) is 0 Å². The molecule has 100 valence electrons. The third-order valence-electron chi connectivity index (χ3n) is 3.19. The van der Waals surface area contributed by atoms with Crippen LogP contribution in [0.3, 0.4) is 0 Å². The predicted molar refractivity (Wildman–Crippen MR) is 76.5 cm³/mol. The van der Waals surface area contributed by atoms with E-state index in [2.05, 4.69) is 24.4 Å². The number of hydrogen-bond acceptors (Lipinski definition) is 2. The zero-order chi connectivity index (χ0) is 13.4. The molecule has 1 aromatic rings. The minimum absolute atomic E-state index is 0.0151. The zero-order valence-electron chi connectivity index (χ0n) is 11.4. The van der Waals surface area contributed by atoms with Gasteiger partial charge in [-0.15, -0.1) is 0 Å². The fourth-order valence-corrected chi connectivity index (χ4v) is 1.84. The average molecular weight is 248 g/mol. The van der Waals surface area contributed by atoms with Gasteiger partial charge in [-0.2, -0.15) is 0 Å². The number of hydrogen-bond donors (Lipinski definition) is 2. The third-order valence-corrected chi connectivity index (χ3v) is 3.19. The number of aryl methyl sites for hydroxylation is 1. The Morgan fingerprint density at radius 2 is 1.94 bits per heavy atom. The Hall–Kier alpha value is -1.35. The second-order valence-corrected chi connectivity index (χ2v) is 4.63. The van der Waals surface area contributed by atoms with Crippen molar-refractivity contribution in [2.45, 2.75) is 39.5 Å². The minimum atomic E-state index is -0.0928. The molecule has 1 aromatic carbocycles. The summed E-state index contributed by atoms with van der Waals surface area (Å²) in [5.74, 6) is -0.0777. The smallest absolute Gasteiger partial charge is 0.228 e. The van der Waals surface area contributed by atoms with Crippen LogP contribution in [0.4, 0.5) is 5.69 Å². The first-order valence-corrected chi connectivity index (χ1v) is 6.81. The second-order valence-electron chi connectivity index (χ2n) is 4.63. The fourth-order valence-electron chi connectivity index (χ4n) is 1.84. The van der Waals surface area contributed by atoms with Gasteiger partial charge in [0.25, 0.3) is 0 Å². The first-order valence-electron chi connectivity index (χ1n) is 6.81. The molecule has 0 aliphatic rings. The van der Waals surface area contributed by atoms with E-state index < -0.39 is 0 Å². The van der Waals surface area contributed by atoms with Gasteiger partial charge in [0.1, 0.15) is 0 Å². The van der Waals surface area contributed by atoms with Crippen LogP contribution < -0.4 is 11.1 Å². The third kappa shape index (κ3) is 4.49. The van der Waals surface area contributed by atoms with Crippen LogP contribution in [0.15, 0.2) is 24.3 Å². The van der Waals surface area contributed by atoms with Crippen molar-refractivity contribution in [2.75, 3.05) is 11.9 Å². The monoisotopic (exact) mass is 248 g/mol. The number of rotatable bonds is 7. The molecular weight excluding hydrogens is 224 g/mol. The molecule has 0 fully saturated rings. The Balaban J connectivity index is 2.55. The average Bonchev–Trinajstić information content (AvgIpc) is 2.39. The van der Waals surface area contributed by atoms with Crippen molar-refractivity contribution in [2.24, 2.45) is 11.7 Å². The Morgan fingerprint density at radius 3 is 2.44 bits per heavy atom. The fraction of sp³-hybridized carbons (Fsp3) is 0.533. The van der Waals surface area contributed by atoms with Gasteiger partial charge in [-0.1, -0.05) is 32.4 Å². The second kappa shape index (κ2) is 7.88. The summed E-state index contributed by atoms with van der Waals surface area (Å²) in [6, 6.07) is 8.08. The summed E-state index contributed by atoms with van der Waals surface area (Å²) in [6.07, 6.45) is 4.28. The normalized spacial score (nSPS) is 12.2. The lowest BCUT2D eigenvalue weighted by Crippen LogP contribution is -2.28. The molecule has 0 aromatic heterocycles. The largest absolute Gasteiger partial charge is 0.330 e. The van der Waals surface area contributed by atoms with Crippen LogP contribution in [0.1, 0.15) is 38.7 Å². The molecule has 1 rings (SSSR count). The van der Waals surface area contributed by atoms with E-state index in [0.29, 0.717) is 6.54 Å². The zero-order valence-corrected chi connectivity index (χ0v) is 11.4. The van der Waals surface area contributed by atoms with Crippen molar-refractivity contribution in [3.05, 3.63) is 29.8 Å². The Bertz CT molecular complexity index is 355. The lowest BCUT2D eigenvalue weighted by Gasteiger charge is -2.12. The maximum atomic E-state index is 11.8. The van der Waals surface area contributed by atoms with Crippen LogP contribution in [0.2, 0.25) is 0 Å². The van der Waals surface area contributed by atoms with E-state index in [4.69, 9.17) is 5.73 Å². The van der Waals surface area contributed by atoms with Crippen LogP contribution in [0.5, 0.6) is 0 Å². The van der Waals surface area contributed by atoms with Gasteiger partial charge >= 0.3 is 0 Å². The van der Waals surface area contributed by atoms with Gasteiger partial charge in [-0.05, 0) is 37.0 Å². The van der Waals surface area contributed by atoms with Crippen molar-refractivity contribution in [3.63, 3.8) is 0 Å². The van der Waals surface area contributed by atoms with Crippen LogP contribution >= 0.6 is 0 Å². The van der Waals surface area contributed by atoms with Crippen molar-refractivity contribution in [3.8, 4) is 0 Å². The van der Waals surface area contributed by atoms with Gasteiger partial charge in [0, 0.05) is 12.2 Å². The quantitative estimate of drug-likeness (QED) is 0.779. The number of nitrogens with one attached hydrogen (secondary N) is 1. The van der Waals surface area contributed by atoms with Gasteiger partial charge in [-0.25, -0.2) is 0 Å². The van der Waals surface area contributed by atoms with E-state index in [9.17, 15) is 4.79 Å². The van der Waals surface area contributed by atoms with Gasteiger partial charge in [0.05, 0.1) is 5.92 Å². The summed E-state index contributed by atoms with van der Waals surface area (Å²) < 4.78 is 0. The van der Waals surface area contributed by atoms with Crippen molar-refractivity contribution >= 4 is 11.6 Å². The lowest BCUT2D eigenvalue weighted by atomic mass is 10.1. The molecule has 3 heteroatoms. The molecule has 18 heavy (non-hydrogen) atoms. The number of carbonyl (C=O) groups is 1. The van der Waals surface area contributed by atoms with E-state index in [1.54, 1.807) is 0 Å². The summed E-state index contributed by atoms with van der Waals surface area (Å²) in [6.45, 7) is 4.56.